The number of hydrogen-bond acceptors (Lipinski definition) is 3. The number of aldehydes is 1. The van der Waals surface area contributed by atoms with Crippen LogP contribution in [-0.4, -0.2) is 29.6 Å². The van der Waals surface area contributed by atoms with Gasteiger partial charge in [0, 0.05) is 32.7 Å². The van der Waals surface area contributed by atoms with E-state index in [0.29, 0.717) is 12.4 Å². The van der Waals surface area contributed by atoms with Crippen LogP contribution in [0.4, 0.5) is 0 Å². The second-order valence-electron chi connectivity index (χ2n) is 2.44. The lowest BCUT2D eigenvalue weighted by molar-refractivity contribution is 0.111. The molecule has 4 heteroatoms. The van der Waals surface area contributed by atoms with Gasteiger partial charge >= 0.3 is 0 Å². The molecule has 66 valence electrons. The average Bonchev–Trinajstić information content (AvgIpc) is 2.52. The monoisotopic (exact) mass is 168 g/mol. The number of imidazole rings is 1. The molecule has 0 radical (unpaired) electrons. The number of rotatable bonds is 5. The molecule has 0 fully saturated rings. The molecule has 0 saturated carbocycles. The van der Waals surface area contributed by atoms with Crippen molar-refractivity contribution in [3.05, 3.63) is 18.2 Å². The predicted molar refractivity (Wildman–Crippen MR) is 44.1 cm³/mol. The van der Waals surface area contributed by atoms with Gasteiger partial charge in [-0.05, 0) is 6.42 Å². The normalized spacial score (nSPS) is 10.1. The maximum atomic E-state index is 10.4. The van der Waals surface area contributed by atoms with Crippen LogP contribution < -0.4 is 0 Å². The zero-order valence-corrected chi connectivity index (χ0v) is 7.06. The fraction of sp³-hybridized carbons (Fsp3) is 0.500. The Labute approximate surface area is 71.2 Å². The SMILES string of the molecule is COCCCn1ccnc1C=O. The Morgan fingerprint density at radius 3 is 3.25 bits per heavy atom. The summed E-state index contributed by atoms with van der Waals surface area (Å²) in [5, 5.41) is 0. The molecule has 12 heavy (non-hydrogen) atoms. The van der Waals surface area contributed by atoms with Crippen molar-refractivity contribution in [3.8, 4) is 0 Å². The highest BCUT2D eigenvalue weighted by Gasteiger charge is 1.98. The molecule has 0 bridgehead atoms. The maximum absolute atomic E-state index is 10.4. The van der Waals surface area contributed by atoms with E-state index in [-0.39, 0.29) is 0 Å². The van der Waals surface area contributed by atoms with E-state index in [1.54, 1.807) is 19.5 Å². The van der Waals surface area contributed by atoms with Crippen LogP contribution in [0.15, 0.2) is 12.4 Å². The van der Waals surface area contributed by atoms with Gasteiger partial charge in [-0.15, -0.1) is 0 Å². The molecular weight excluding hydrogens is 156 g/mol. The van der Waals surface area contributed by atoms with Crippen LogP contribution in [0.2, 0.25) is 0 Å². The van der Waals surface area contributed by atoms with Crippen LogP contribution >= 0.6 is 0 Å². The van der Waals surface area contributed by atoms with Crippen LogP contribution in [0, 0.1) is 0 Å². The summed E-state index contributed by atoms with van der Waals surface area (Å²) in [6.45, 7) is 1.48. The van der Waals surface area contributed by atoms with E-state index in [9.17, 15) is 4.79 Å². The fourth-order valence-electron chi connectivity index (χ4n) is 1.01. The highest BCUT2D eigenvalue weighted by atomic mass is 16.5. The van der Waals surface area contributed by atoms with Crippen LogP contribution in [-0.2, 0) is 11.3 Å². The second kappa shape index (κ2) is 4.66. The lowest BCUT2D eigenvalue weighted by Gasteiger charge is -2.02. The van der Waals surface area contributed by atoms with Gasteiger partial charge in [0.1, 0.15) is 0 Å². The van der Waals surface area contributed by atoms with E-state index in [0.717, 1.165) is 19.3 Å². The Kier molecular flexibility index (Phi) is 3.47. The second-order valence-corrected chi connectivity index (χ2v) is 2.44. The molecule has 0 saturated heterocycles. The smallest absolute Gasteiger partial charge is 0.185 e. The van der Waals surface area contributed by atoms with Crippen LogP contribution in [0.5, 0.6) is 0 Å². The molecule has 1 aromatic rings. The molecule has 1 rings (SSSR count). The van der Waals surface area contributed by atoms with Gasteiger partial charge in [-0.25, -0.2) is 4.98 Å². The van der Waals surface area contributed by atoms with Crippen LogP contribution in [0.3, 0.4) is 0 Å². The number of hydrogen-bond donors (Lipinski definition) is 0. The number of nitrogens with zero attached hydrogens (tertiary/aromatic N) is 2. The minimum atomic E-state index is 0.478. The van der Waals surface area contributed by atoms with Crippen molar-refractivity contribution in [1.29, 1.82) is 0 Å². The first kappa shape index (κ1) is 8.93. The molecule has 0 aliphatic rings. The van der Waals surface area contributed by atoms with Crippen molar-refractivity contribution < 1.29 is 9.53 Å². The van der Waals surface area contributed by atoms with E-state index in [4.69, 9.17) is 4.74 Å². The molecular formula is C8H12N2O2. The summed E-state index contributed by atoms with van der Waals surface area (Å²) < 4.78 is 6.70. The molecule has 0 aliphatic carbocycles. The molecule has 0 spiro atoms. The lowest BCUT2D eigenvalue weighted by Crippen LogP contribution is -2.04. The highest BCUT2D eigenvalue weighted by Crippen LogP contribution is 1.96. The van der Waals surface area contributed by atoms with Crippen molar-refractivity contribution in [2.45, 2.75) is 13.0 Å². The topological polar surface area (TPSA) is 44.1 Å². The Morgan fingerprint density at radius 2 is 2.58 bits per heavy atom. The van der Waals surface area contributed by atoms with E-state index in [1.165, 1.54) is 0 Å². The first-order valence-electron chi connectivity index (χ1n) is 3.83. The summed E-state index contributed by atoms with van der Waals surface area (Å²) >= 11 is 0. The van der Waals surface area contributed by atoms with Crippen molar-refractivity contribution in [2.75, 3.05) is 13.7 Å². The summed E-state index contributed by atoms with van der Waals surface area (Å²) in [5.41, 5.74) is 0. The van der Waals surface area contributed by atoms with Gasteiger partial charge in [0.25, 0.3) is 0 Å². The lowest BCUT2D eigenvalue weighted by atomic mass is 10.4. The molecule has 0 unspecified atom stereocenters. The third kappa shape index (κ3) is 2.17. The Hall–Kier alpha value is -1.16. The quantitative estimate of drug-likeness (QED) is 0.481. The van der Waals surface area contributed by atoms with Crippen molar-refractivity contribution in [1.82, 2.24) is 9.55 Å². The third-order valence-electron chi connectivity index (χ3n) is 1.60. The van der Waals surface area contributed by atoms with Gasteiger partial charge in [-0.3, -0.25) is 4.79 Å². The summed E-state index contributed by atoms with van der Waals surface area (Å²) in [6.07, 6.45) is 5.07. The molecule has 0 atom stereocenters. The fourth-order valence-corrected chi connectivity index (χ4v) is 1.01. The maximum Gasteiger partial charge on any atom is 0.185 e. The van der Waals surface area contributed by atoms with Gasteiger partial charge in [-0.2, -0.15) is 0 Å². The van der Waals surface area contributed by atoms with E-state index < -0.39 is 0 Å². The Balaban J connectivity index is 2.45. The van der Waals surface area contributed by atoms with E-state index in [2.05, 4.69) is 4.98 Å². The minimum Gasteiger partial charge on any atom is -0.385 e. The molecule has 4 nitrogen and oxygen atoms in total. The Morgan fingerprint density at radius 1 is 1.75 bits per heavy atom. The number of aromatic nitrogens is 2. The Bertz CT molecular complexity index is 245. The zero-order valence-electron chi connectivity index (χ0n) is 7.06. The van der Waals surface area contributed by atoms with Crippen LogP contribution in [0.1, 0.15) is 17.0 Å². The van der Waals surface area contributed by atoms with Gasteiger partial charge in [0.05, 0.1) is 0 Å². The van der Waals surface area contributed by atoms with Crippen molar-refractivity contribution in [2.24, 2.45) is 0 Å². The molecule has 1 heterocycles. The largest absolute Gasteiger partial charge is 0.385 e. The summed E-state index contributed by atoms with van der Waals surface area (Å²) in [5.74, 6) is 0.478. The molecule has 0 aliphatic heterocycles. The summed E-state index contributed by atoms with van der Waals surface area (Å²) in [4.78, 5) is 14.3. The molecule has 0 amide bonds. The molecule has 0 N–H and O–H groups in total. The molecule has 0 aromatic carbocycles. The predicted octanol–water partition coefficient (Wildman–Crippen LogP) is 0.732. The minimum absolute atomic E-state index is 0.478. The van der Waals surface area contributed by atoms with Gasteiger partial charge in [0.15, 0.2) is 12.1 Å². The van der Waals surface area contributed by atoms with Crippen LogP contribution in [0.25, 0.3) is 0 Å². The third-order valence-corrected chi connectivity index (χ3v) is 1.60. The first-order valence-corrected chi connectivity index (χ1v) is 3.83. The standard InChI is InChI=1S/C8H12N2O2/c1-12-6-2-4-10-5-3-9-8(10)7-11/h3,5,7H,2,4,6H2,1H3. The first-order chi connectivity index (χ1) is 5.88. The number of carbonyl (C=O) groups is 1. The number of carbonyl (C=O) groups excluding carboxylic acids is 1. The van der Waals surface area contributed by atoms with E-state index >= 15 is 0 Å². The number of methoxy groups -OCH3 is 1. The highest BCUT2D eigenvalue weighted by molar-refractivity contribution is 5.69. The number of aryl methyl sites for hydroxylation is 1. The van der Waals surface area contributed by atoms with E-state index in [1.807, 2.05) is 4.57 Å². The van der Waals surface area contributed by atoms with Gasteiger partial charge in [0.2, 0.25) is 0 Å². The van der Waals surface area contributed by atoms with Crippen molar-refractivity contribution in [3.63, 3.8) is 0 Å². The number of ether oxygens (including phenoxy) is 1. The summed E-state index contributed by atoms with van der Waals surface area (Å²) in [7, 11) is 1.66. The van der Waals surface area contributed by atoms with Gasteiger partial charge in [-0.1, -0.05) is 0 Å². The summed E-state index contributed by atoms with van der Waals surface area (Å²) in [6, 6.07) is 0. The molecule has 1 aromatic heterocycles. The van der Waals surface area contributed by atoms with Crippen molar-refractivity contribution >= 4 is 6.29 Å². The van der Waals surface area contributed by atoms with Gasteiger partial charge < -0.3 is 9.30 Å². The zero-order chi connectivity index (χ0) is 8.81. The average molecular weight is 168 g/mol.